The minimum Gasteiger partial charge on any atom is -0.497 e. The van der Waals surface area contributed by atoms with E-state index in [0.29, 0.717) is 6.54 Å². The molecule has 0 fully saturated rings. The lowest BCUT2D eigenvalue weighted by molar-refractivity contribution is 0.414. The largest absolute Gasteiger partial charge is 0.497 e. The van der Waals surface area contributed by atoms with Crippen molar-refractivity contribution in [3.05, 3.63) is 83.4 Å². The maximum Gasteiger partial charge on any atom is 0.123 e. The van der Waals surface area contributed by atoms with Gasteiger partial charge in [0.15, 0.2) is 0 Å². The highest BCUT2D eigenvalue weighted by molar-refractivity contribution is 5.96. The van der Waals surface area contributed by atoms with E-state index in [1.54, 1.807) is 13.3 Å². The first-order chi connectivity index (χ1) is 11.7. The SMILES string of the molecule is COc1ccc(Cc2nccn2Cc2ccccc2C(=N)N)cc1. The first-order valence-electron chi connectivity index (χ1n) is 7.72. The van der Waals surface area contributed by atoms with Gasteiger partial charge in [-0.1, -0.05) is 36.4 Å². The molecule has 1 heterocycles. The summed E-state index contributed by atoms with van der Waals surface area (Å²) in [4.78, 5) is 4.47. The second kappa shape index (κ2) is 7.00. The van der Waals surface area contributed by atoms with Crippen LogP contribution in [-0.2, 0) is 13.0 Å². The average Bonchev–Trinajstić information content (AvgIpc) is 3.03. The molecular formula is C19H20N4O. The zero-order chi connectivity index (χ0) is 16.9. The third-order valence-corrected chi connectivity index (χ3v) is 3.97. The summed E-state index contributed by atoms with van der Waals surface area (Å²) in [6.45, 7) is 0.640. The van der Waals surface area contributed by atoms with Crippen molar-refractivity contribution in [1.82, 2.24) is 9.55 Å². The molecule has 0 atom stereocenters. The predicted octanol–water partition coefficient (Wildman–Crippen LogP) is 2.81. The monoisotopic (exact) mass is 320 g/mol. The lowest BCUT2D eigenvalue weighted by Gasteiger charge is -2.12. The Labute approximate surface area is 141 Å². The van der Waals surface area contributed by atoms with Gasteiger partial charge in [-0.25, -0.2) is 4.98 Å². The Morgan fingerprint density at radius 2 is 1.92 bits per heavy atom. The van der Waals surface area contributed by atoms with Gasteiger partial charge in [0.1, 0.15) is 17.4 Å². The quantitative estimate of drug-likeness (QED) is 0.541. The highest BCUT2D eigenvalue weighted by atomic mass is 16.5. The van der Waals surface area contributed by atoms with Gasteiger partial charge in [-0.3, -0.25) is 5.41 Å². The van der Waals surface area contributed by atoms with E-state index < -0.39 is 0 Å². The third-order valence-electron chi connectivity index (χ3n) is 3.97. The zero-order valence-corrected chi connectivity index (χ0v) is 13.6. The zero-order valence-electron chi connectivity index (χ0n) is 13.6. The van der Waals surface area contributed by atoms with Crippen LogP contribution in [0.15, 0.2) is 60.9 Å². The van der Waals surface area contributed by atoms with Gasteiger partial charge in [0.2, 0.25) is 0 Å². The number of methoxy groups -OCH3 is 1. The molecule has 1 aromatic heterocycles. The Morgan fingerprint density at radius 1 is 1.17 bits per heavy atom. The number of nitrogens with one attached hydrogen (secondary N) is 1. The van der Waals surface area contributed by atoms with Crippen molar-refractivity contribution in [2.75, 3.05) is 7.11 Å². The second-order valence-electron chi connectivity index (χ2n) is 5.57. The summed E-state index contributed by atoms with van der Waals surface area (Å²) in [5.41, 5.74) is 8.63. The molecule has 0 aliphatic carbocycles. The van der Waals surface area contributed by atoms with E-state index in [1.807, 2.05) is 54.7 Å². The van der Waals surface area contributed by atoms with Crippen molar-refractivity contribution in [2.45, 2.75) is 13.0 Å². The molecule has 0 aliphatic rings. The number of aromatic nitrogens is 2. The van der Waals surface area contributed by atoms with E-state index in [0.717, 1.165) is 29.1 Å². The molecule has 3 rings (SSSR count). The van der Waals surface area contributed by atoms with Crippen LogP contribution in [0.4, 0.5) is 0 Å². The van der Waals surface area contributed by atoms with Crippen molar-refractivity contribution in [3.8, 4) is 5.75 Å². The first-order valence-corrected chi connectivity index (χ1v) is 7.72. The molecule has 0 saturated carbocycles. The molecule has 5 heteroatoms. The molecule has 0 saturated heterocycles. The Balaban J connectivity index is 1.82. The van der Waals surface area contributed by atoms with Crippen LogP contribution in [0.25, 0.3) is 0 Å². The van der Waals surface area contributed by atoms with Crippen LogP contribution in [0.1, 0.15) is 22.5 Å². The van der Waals surface area contributed by atoms with Gasteiger partial charge in [-0.15, -0.1) is 0 Å². The smallest absolute Gasteiger partial charge is 0.123 e. The summed E-state index contributed by atoms with van der Waals surface area (Å²) >= 11 is 0. The van der Waals surface area contributed by atoms with Crippen molar-refractivity contribution in [1.29, 1.82) is 5.41 Å². The molecule has 0 spiro atoms. The van der Waals surface area contributed by atoms with Gasteiger partial charge in [-0.2, -0.15) is 0 Å². The van der Waals surface area contributed by atoms with E-state index >= 15 is 0 Å². The Kier molecular flexibility index (Phi) is 4.61. The predicted molar refractivity (Wildman–Crippen MR) is 94.6 cm³/mol. The fourth-order valence-electron chi connectivity index (χ4n) is 2.68. The van der Waals surface area contributed by atoms with Gasteiger partial charge in [-0.05, 0) is 23.3 Å². The number of hydrogen-bond donors (Lipinski definition) is 2. The van der Waals surface area contributed by atoms with E-state index in [-0.39, 0.29) is 5.84 Å². The standard InChI is InChI=1S/C19H20N4O/c1-24-16-8-6-14(7-9-16)12-18-22-10-11-23(18)13-15-4-2-3-5-17(15)19(20)21/h2-11H,12-13H2,1H3,(H3,20,21). The Bertz CT molecular complexity index is 837. The third kappa shape index (κ3) is 3.46. The minimum absolute atomic E-state index is 0.0856. The lowest BCUT2D eigenvalue weighted by atomic mass is 10.1. The van der Waals surface area contributed by atoms with Crippen LogP contribution in [0.5, 0.6) is 5.75 Å². The van der Waals surface area contributed by atoms with Gasteiger partial charge in [0.25, 0.3) is 0 Å². The number of amidine groups is 1. The number of rotatable bonds is 6. The highest BCUT2D eigenvalue weighted by Gasteiger charge is 2.09. The number of ether oxygens (including phenoxy) is 1. The molecule has 2 aromatic carbocycles. The van der Waals surface area contributed by atoms with Gasteiger partial charge in [0.05, 0.1) is 7.11 Å². The Hall–Kier alpha value is -3.08. The second-order valence-corrected chi connectivity index (χ2v) is 5.57. The van der Waals surface area contributed by atoms with E-state index in [4.69, 9.17) is 15.9 Å². The number of benzene rings is 2. The average molecular weight is 320 g/mol. The number of nitrogens with two attached hydrogens (primary N) is 1. The van der Waals surface area contributed by atoms with Crippen LogP contribution in [-0.4, -0.2) is 22.5 Å². The summed E-state index contributed by atoms with van der Waals surface area (Å²) in [5, 5.41) is 7.72. The van der Waals surface area contributed by atoms with Gasteiger partial charge >= 0.3 is 0 Å². The summed E-state index contributed by atoms with van der Waals surface area (Å²) < 4.78 is 7.28. The van der Waals surface area contributed by atoms with E-state index in [1.165, 1.54) is 5.56 Å². The van der Waals surface area contributed by atoms with Crippen LogP contribution in [0.2, 0.25) is 0 Å². The minimum atomic E-state index is 0.0856. The molecule has 3 aromatic rings. The number of nitrogen functional groups attached to an aromatic ring is 1. The van der Waals surface area contributed by atoms with Crippen molar-refractivity contribution in [3.63, 3.8) is 0 Å². The van der Waals surface area contributed by atoms with Crippen LogP contribution in [0, 0.1) is 5.41 Å². The fourth-order valence-corrected chi connectivity index (χ4v) is 2.68. The number of imidazole rings is 1. The van der Waals surface area contributed by atoms with Gasteiger partial charge in [0, 0.05) is 30.9 Å². The fraction of sp³-hybridized carbons (Fsp3) is 0.158. The summed E-state index contributed by atoms with van der Waals surface area (Å²) in [6.07, 6.45) is 4.49. The molecule has 24 heavy (non-hydrogen) atoms. The van der Waals surface area contributed by atoms with Crippen molar-refractivity contribution < 1.29 is 4.74 Å². The molecule has 0 radical (unpaired) electrons. The summed E-state index contributed by atoms with van der Waals surface area (Å²) in [5.74, 6) is 1.90. The highest BCUT2D eigenvalue weighted by Crippen LogP contribution is 2.16. The van der Waals surface area contributed by atoms with E-state index in [2.05, 4.69) is 9.55 Å². The summed E-state index contributed by atoms with van der Waals surface area (Å²) in [7, 11) is 1.66. The molecule has 122 valence electrons. The molecule has 3 N–H and O–H groups in total. The number of nitrogens with zero attached hydrogens (tertiary/aromatic N) is 2. The van der Waals surface area contributed by atoms with Crippen LogP contribution < -0.4 is 10.5 Å². The maximum atomic E-state index is 7.72. The summed E-state index contributed by atoms with van der Waals surface area (Å²) in [6, 6.07) is 15.7. The normalized spacial score (nSPS) is 10.5. The van der Waals surface area contributed by atoms with E-state index in [9.17, 15) is 0 Å². The van der Waals surface area contributed by atoms with Crippen molar-refractivity contribution in [2.24, 2.45) is 5.73 Å². The maximum absolute atomic E-state index is 7.72. The molecule has 0 aliphatic heterocycles. The molecule has 0 unspecified atom stereocenters. The van der Waals surface area contributed by atoms with Crippen LogP contribution in [0.3, 0.4) is 0 Å². The molecular weight excluding hydrogens is 300 g/mol. The van der Waals surface area contributed by atoms with Crippen molar-refractivity contribution >= 4 is 5.84 Å². The molecule has 5 nitrogen and oxygen atoms in total. The lowest BCUT2D eigenvalue weighted by Crippen LogP contribution is -2.15. The molecule has 0 bridgehead atoms. The van der Waals surface area contributed by atoms with Crippen LogP contribution >= 0.6 is 0 Å². The Morgan fingerprint density at radius 3 is 2.62 bits per heavy atom. The molecule has 0 amide bonds. The topological polar surface area (TPSA) is 76.9 Å². The first kappa shape index (κ1) is 15.8. The number of hydrogen-bond acceptors (Lipinski definition) is 3. The van der Waals surface area contributed by atoms with Gasteiger partial charge < -0.3 is 15.0 Å².